The molecule has 5 rings (SSSR count). The van der Waals surface area contributed by atoms with Crippen molar-refractivity contribution in [2.75, 3.05) is 24.7 Å². The van der Waals surface area contributed by atoms with E-state index in [0.29, 0.717) is 31.1 Å². The van der Waals surface area contributed by atoms with Crippen LogP contribution < -0.4 is 10.5 Å². The molecule has 2 aliphatic rings. The van der Waals surface area contributed by atoms with E-state index < -0.39 is 11.7 Å². The van der Waals surface area contributed by atoms with Crippen molar-refractivity contribution in [1.82, 2.24) is 14.8 Å². The number of ether oxygens (including phenoxy) is 1. The van der Waals surface area contributed by atoms with Gasteiger partial charge in [-0.05, 0) is 75.4 Å². The number of benzene rings is 1. The van der Waals surface area contributed by atoms with Gasteiger partial charge in [-0.25, -0.2) is 9.07 Å². The number of pyridine rings is 1. The maximum Gasteiger partial charge on any atom is 0.418 e. The van der Waals surface area contributed by atoms with Crippen LogP contribution in [0, 0.1) is 12.7 Å². The molecule has 0 spiro atoms. The van der Waals surface area contributed by atoms with Crippen LogP contribution in [0.3, 0.4) is 0 Å². The number of nitrogens with zero attached hydrogens (tertiary/aromatic N) is 4. The van der Waals surface area contributed by atoms with Gasteiger partial charge in [-0.15, -0.1) is 0 Å². The van der Waals surface area contributed by atoms with Crippen LogP contribution in [-0.2, 0) is 17.5 Å². The summed E-state index contributed by atoms with van der Waals surface area (Å²) in [6.45, 7) is 7.23. The summed E-state index contributed by atoms with van der Waals surface area (Å²) in [6, 6.07) is 10.6. The third-order valence-electron chi connectivity index (χ3n) is 7.43. The summed E-state index contributed by atoms with van der Waals surface area (Å²) in [6.07, 6.45) is 1.80. The average molecular weight is 561 g/mol. The largest absolute Gasteiger partial charge is 0.418 e. The molecule has 0 radical (unpaired) electrons. The molecule has 1 saturated carbocycles. The molecule has 10 heteroatoms. The lowest BCUT2D eigenvalue weighted by Crippen LogP contribution is -2.54. The van der Waals surface area contributed by atoms with Gasteiger partial charge in [0.15, 0.2) is 0 Å². The Balaban J connectivity index is 0.000000398. The maximum absolute atomic E-state index is 13.5. The van der Waals surface area contributed by atoms with Gasteiger partial charge in [-0.1, -0.05) is 31.4 Å². The molecule has 1 aliphatic heterocycles. The monoisotopic (exact) mass is 560 g/mol. The standard InChI is InChI=1S/C23H29F3N4O2.C7H7F/c1-22(2)15-32-12-11-29(22)20-13-17(16-7-4-3-5-8-16)21(31)30(28-20)14-19-18(23(24,25)26)9-6-10-27-19;1-6-3-2-4-7(8)5-6/h6,9-10,13,16H,3-5,7-8,11-12,14-15H2,1-2H3;2-5H,1H3. The molecule has 2 aromatic heterocycles. The second-order valence-electron chi connectivity index (χ2n) is 11.1. The number of hydrogen-bond acceptors (Lipinski definition) is 5. The van der Waals surface area contributed by atoms with Gasteiger partial charge < -0.3 is 9.64 Å². The highest BCUT2D eigenvalue weighted by Gasteiger charge is 2.35. The molecule has 0 unspecified atom stereocenters. The summed E-state index contributed by atoms with van der Waals surface area (Å²) >= 11 is 0. The lowest BCUT2D eigenvalue weighted by atomic mass is 9.84. The zero-order valence-electron chi connectivity index (χ0n) is 23.2. The van der Waals surface area contributed by atoms with Crippen molar-refractivity contribution in [1.29, 1.82) is 0 Å². The molecular weight excluding hydrogens is 524 g/mol. The van der Waals surface area contributed by atoms with Crippen LogP contribution in [0.1, 0.15) is 74.3 Å². The number of morpholine rings is 1. The predicted molar refractivity (Wildman–Crippen MR) is 146 cm³/mol. The van der Waals surface area contributed by atoms with Gasteiger partial charge in [-0.2, -0.15) is 18.3 Å². The van der Waals surface area contributed by atoms with Crippen molar-refractivity contribution in [3.05, 3.63) is 87.2 Å². The van der Waals surface area contributed by atoms with Crippen LogP contribution >= 0.6 is 0 Å². The fraction of sp³-hybridized carbons (Fsp3) is 0.500. The Labute approximate surface area is 232 Å². The summed E-state index contributed by atoms with van der Waals surface area (Å²) in [5.74, 6) is 0.534. The second-order valence-corrected chi connectivity index (χ2v) is 11.1. The van der Waals surface area contributed by atoms with Crippen molar-refractivity contribution in [3.63, 3.8) is 0 Å². The first-order chi connectivity index (χ1) is 19.0. The van der Waals surface area contributed by atoms with Gasteiger partial charge in [0.25, 0.3) is 5.56 Å². The van der Waals surface area contributed by atoms with Crippen LogP contribution in [0.15, 0.2) is 53.5 Å². The van der Waals surface area contributed by atoms with E-state index in [2.05, 4.69) is 15.0 Å². The fourth-order valence-electron chi connectivity index (χ4n) is 5.35. The number of hydrogen-bond donors (Lipinski definition) is 0. The SMILES string of the molecule is CC1(C)COCCN1c1cc(C2CCCCC2)c(=O)n(Cc2ncccc2C(F)(F)F)n1.Cc1cccc(F)c1. The van der Waals surface area contributed by atoms with Crippen molar-refractivity contribution < 1.29 is 22.3 Å². The van der Waals surface area contributed by atoms with E-state index in [-0.39, 0.29) is 35.1 Å². The third-order valence-corrected chi connectivity index (χ3v) is 7.43. The normalized spacial score (nSPS) is 17.7. The van der Waals surface area contributed by atoms with E-state index in [0.717, 1.165) is 43.7 Å². The molecule has 1 aliphatic carbocycles. The van der Waals surface area contributed by atoms with Crippen LogP contribution in [0.2, 0.25) is 0 Å². The summed E-state index contributed by atoms with van der Waals surface area (Å²) < 4.78 is 59.5. The number of aromatic nitrogens is 3. The minimum atomic E-state index is -4.55. The minimum absolute atomic E-state index is 0.0965. The zero-order valence-corrected chi connectivity index (χ0v) is 23.2. The third kappa shape index (κ3) is 7.27. The highest BCUT2D eigenvalue weighted by atomic mass is 19.4. The van der Waals surface area contributed by atoms with Gasteiger partial charge in [0.2, 0.25) is 0 Å². The molecule has 0 amide bonds. The molecule has 2 fully saturated rings. The number of rotatable bonds is 4. The molecule has 1 aromatic carbocycles. The van der Waals surface area contributed by atoms with Crippen LogP contribution in [0.4, 0.5) is 23.4 Å². The van der Waals surface area contributed by atoms with Crippen molar-refractivity contribution >= 4 is 5.82 Å². The van der Waals surface area contributed by atoms with E-state index in [4.69, 9.17) is 4.74 Å². The van der Waals surface area contributed by atoms with E-state index >= 15 is 0 Å². The average Bonchev–Trinajstić information content (AvgIpc) is 2.90. The topological polar surface area (TPSA) is 60.2 Å². The molecule has 6 nitrogen and oxygen atoms in total. The number of alkyl halides is 3. The highest BCUT2D eigenvalue weighted by molar-refractivity contribution is 5.44. The predicted octanol–water partition coefficient (Wildman–Crippen LogP) is 6.50. The Kier molecular flexibility index (Phi) is 9.28. The Morgan fingerprint density at radius 3 is 2.45 bits per heavy atom. The summed E-state index contributed by atoms with van der Waals surface area (Å²) in [4.78, 5) is 19.4. The molecule has 40 heavy (non-hydrogen) atoms. The first-order valence-corrected chi connectivity index (χ1v) is 13.7. The quantitative estimate of drug-likeness (QED) is 0.341. The van der Waals surface area contributed by atoms with Gasteiger partial charge in [0, 0.05) is 18.3 Å². The lowest BCUT2D eigenvalue weighted by molar-refractivity contribution is -0.138. The Bertz CT molecular complexity index is 1330. The molecule has 0 bridgehead atoms. The van der Waals surface area contributed by atoms with E-state index in [1.54, 1.807) is 6.07 Å². The van der Waals surface area contributed by atoms with Crippen molar-refractivity contribution in [2.45, 2.75) is 77.1 Å². The Hall–Kier alpha value is -3.27. The lowest BCUT2D eigenvalue weighted by Gasteiger charge is -2.43. The molecule has 0 N–H and O–H groups in total. The molecule has 3 heterocycles. The number of anilines is 1. The fourth-order valence-corrected chi connectivity index (χ4v) is 5.35. The molecule has 1 saturated heterocycles. The summed E-state index contributed by atoms with van der Waals surface area (Å²) in [5.41, 5.74) is -0.121. The van der Waals surface area contributed by atoms with E-state index in [1.807, 2.05) is 32.9 Å². The van der Waals surface area contributed by atoms with Gasteiger partial charge in [0.1, 0.15) is 11.6 Å². The van der Waals surface area contributed by atoms with E-state index in [1.165, 1.54) is 29.1 Å². The van der Waals surface area contributed by atoms with Crippen molar-refractivity contribution in [3.8, 4) is 0 Å². The maximum atomic E-state index is 13.5. The molecular formula is C30H36F4N4O2. The van der Waals surface area contributed by atoms with E-state index in [9.17, 15) is 22.4 Å². The molecule has 216 valence electrons. The smallest absolute Gasteiger partial charge is 0.377 e. The first kappa shape index (κ1) is 29.7. The van der Waals surface area contributed by atoms with Crippen molar-refractivity contribution in [2.24, 2.45) is 0 Å². The van der Waals surface area contributed by atoms with Gasteiger partial charge in [0.05, 0.1) is 36.6 Å². The number of halogens is 4. The summed E-state index contributed by atoms with van der Waals surface area (Å²) in [5, 5.41) is 4.53. The van der Waals surface area contributed by atoms with Crippen LogP contribution in [0.25, 0.3) is 0 Å². The zero-order chi connectivity index (χ0) is 28.9. The minimum Gasteiger partial charge on any atom is -0.377 e. The van der Waals surface area contributed by atoms with Crippen LogP contribution in [0.5, 0.6) is 0 Å². The van der Waals surface area contributed by atoms with Gasteiger partial charge in [-0.3, -0.25) is 9.78 Å². The summed E-state index contributed by atoms with van der Waals surface area (Å²) in [7, 11) is 0. The molecule has 0 atom stereocenters. The Morgan fingerprint density at radius 2 is 1.82 bits per heavy atom. The number of aryl methyl sites for hydroxylation is 1. The molecule has 3 aromatic rings. The second kappa shape index (κ2) is 12.5. The van der Waals surface area contributed by atoms with Gasteiger partial charge >= 0.3 is 6.18 Å². The Morgan fingerprint density at radius 1 is 1.07 bits per heavy atom. The first-order valence-electron chi connectivity index (χ1n) is 13.7. The van der Waals surface area contributed by atoms with Crippen LogP contribution in [-0.4, -0.2) is 40.1 Å². The highest BCUT2D eigenvalue weighted by Crippen LogP contribution is 2.34.